The van der Waals surface area contributed by atoms with Crippen LogP contribution in [0.3, 0.4) is 0 Å². The molecule has 0 aliphatic heterocycles. The van der Waals surface area contributed by atoms with Crippen molar-refractivity contribution in [2.75, 3.05) is 5.75 Å². The summed E-state index contributed by atoms with van der Waals surface area (Å²) in [5.41, 5.74) is 0. The Morgan fingerprint density at radius 3 is 2.54 bits per heavy atom. The first-order chi connectivity index (χ1) is 6.03. The summed E-state index contributed by atoms with van der Waals surface area (Å²) in [4.78, 5) is 10.5. The second kappa shape index (κ2) is 4.19. The Hall–Kier alpha value is -0.420. The van der Waals surface area contributed by atoms with Gasteiger partial charge in [0.05, 0.1) is 11.9 Å². The molecular weight excluding hydrogens is 192 g/mol. The maximum Gasteiger partial charge on any atom is 0.267 e. The van der Waals surface area contributed by atoms with Crippen LogP contribution in [0.4, 0.5) is 0 Å². The van der Waals surface area contributed by atoms with Crippen LogP contribution in [-0.4, -0.2) is 26.1 Å². The Kier molecular flexibility index (Phi) is 3.44. The number of Topliss-reactive ketones (excluding diaryl/α,β-unsaturated/α-hetero) is 1. The van der Waals surface area contributed by atoms with Crippen molar-refractivity contribution in [1.29, 1.82) is 0 Å². The molecule has 0 spiro atoms. The predicted molar refractivity (Wildman–Crippen MR) is 47.8 cm³/mol. The van der Waals surface area contributed by atoms with Crippen LogP contribution < -0.4 is 0 Å². The van der Waals surface area contributed by atoms with E-state index < -0.39 is 10.1 Å². The molecule has 0 amide bonds. The van der Waals surface area contributed by atoms with Gasteiger partial charge in [-0.15, -0.1) is 0 Å². The molecule has 0 saturated heterocycles. The molecule has 0 heterocycles. The van der Waals surface area contributed by atoms with E-state index in [0.717, 1.165) is 6.42 Å². The molecule has 1 aliphatic carbocycles. The zero-order valence-electron chi connectivity index (χ0n) is 7.65. The van der Waals surface area contributed by atoms with Gasteiger partial charge in [-0.1, -0.05) is 13.3 Å². The van der Waals surface area contributed by atoms with Crippen molar-refractivity contribution >= 4 is 15.9 Å². The molecule has 1 saturated carbocycles. The van der Waals surface area contributed by atoms with Crippen LogP contribution in [0.1, 0.15) is 32.6 Å². The summed E-state index contributed by atoms with van der Waals surface area (Å²) in [5.74, 6) is 0.143. The number of hydrogen-bond donors (Lipinski definition) is 0. The lowest BCUT2D eigenvalue weighted by Gasteiger charge is -2.23. The fourth-order valence-corrected chi connectivity index (χ4v) is 2.38. The quantitative estimate of drug-likeness (QED) is 0.626. The predicted octanol–water partition coefficient (Wildman–Crippen LogP) is 0.864. The zero-order chi connectivity index (χ0) is 9.90. The third-order valence-corrected chi connectivity index (χ3v) is 3.30. The highest BCUT2D eigenvalue weighted by Crippen LogP contribution is 2.20. The summed E-state index contributed by atoms with van der Waals surface area (Å²) in [6.07, 6.45) is 1.57. The number of carbonyl (C=O) groups is 1. The van der Waals surface area contributed by atoms with E-state index in [-0.39, 0.29) is 30.5 Å². The standard InChI is InChI=1S/C8H14O4S/c1-2-3-4-13(10,11)12-8-5-7(9)6-8/h8H,2-6H2,1H3. The molecule has 0 aromatic rings. The SMILES string of the molecule is CCCCS(=O)(=O)OC1CC(=O)C1. The first-order valence-electron chi connectivity index (χ1n) is 4.46. The highest BCUT2D eigenvalue weighted by atomic mass is 32.2. The van der Waals surface area contributed by atoms with E-state index >= 15 is 0 Å². The minimum Gasteiger partial charge on any atom is -0.300 e. The van der Waals surface area contributed by atoms with Crippen LogP contribution in [0.2, 0.25) is 0 Å². The third kappa shape index (κ3) is 3.44. The van der Waals surface area contributed by atoms with Gasteiger partial charge in [0, 0.05) is 12.8 Å². The summed E-state index contributed by atoms with van der Waals surface area (Å²) in [7, 11) is -3.38. The highest BCUT2D eigenvalue weighted by Gasteiger charge is 2.31. The summed E-state index contributed by atoms with van der Waals surface area (Å²) in [6.45, 7) is 1.92. The molecule has 0 N–H and O–H groups in total. The van der Waals surface area contributed by atoms with E-state index in [1.54, 1.807) is 0 Å². The van der Waals surface area contributed by atoms with Crippen molar-refractivity contribution in [3.63, 3.8) is 0 Å². The van der Waals surface area contributed by atoms with Gasteiger partial charge < -0.3 is 0 Å². The fourth-order valence-electron chi connectivity index (χ4n) is 1.09. The van der Waals surface area contributed by atoms with Crippen molar-refractivity contribution in [3.05, 3.63) is 0 Å². The Morgan fingerprint density at radius 2 is 2.08 bits per heavy atom. The van der Waals surface area contributed by atoms with Gasteiger partial charge in [-0.3, -0.25) is 8.98 Å². The lowest BCUT2D eigenvalue weighted by molar-refractivity contribution is -0.129. The maximum absolute atomic E-state index is 11.2. The van der Waals surface area contributed by atoms with Gasteiger partial charge in [-0.05, 0) is 6.42 Å². The number of unbranched alkanes of at least 4 members (excludes halogenated alkanes) is 1. The average Bonchev–Trinajstić information content (AvgIpc) is 1.98. The number of rotatable bonds is 5. The molecular formula is C8H14O4S. The van der Waals surface area contributed by atoms with E-state index in [9.17, 15) is 13.2 Å². The van der Waals surface area contributed by atoms with Crippen LogP contribution in [0.15, 0.2) is 0 Å². The molecule has 13 heavy (non-hydrogen) atoms. The summed E-state index contributed by atoms with van der Waals surface area (Å²) >= 11 is 0. The molecule has 4 nitrogen and oxygen atoms in total. The lowest BCUT2D eigenvalue weighted by Crippen LogP contribution is -2.34. The Bertz CT molecular complexity index is 273. The van der Waals surface area contributed by atoms with Gasteiger partial charge in [0.25, 0.3) is 10.1 Å². The molecule has 5 heteroatoms. The van der Waals surface area contributed by atoms with Crippen molar-refractivity contribution in [1.82, 2.24) is 0 Å². The maximum atomic E-state index is 11.2. The molecule has 0 aromatic carbocycles. The fraction of sp³-hybridized carbons (Fsp3) is 0.875. The van der Waals surface area contributed by atoms with Crippen LogP contribution in [0.25, 0.3) is 0 Å². The van der Waals surface area contributed by atoms with E-state index in [1.807, 2.05) is 6.92 Å². The minimum absolute atomic E-state index is 0.0637. The van der Waals surface area contributed by atoms with Crippen LogP contribution in [0.5, 0.6) is 0 Å². The molecule has 0 unspecified atom stereocenters. The average molecular weight is 206 g/mol. The zero-order valence-corrected chi connectivity index (χ0v) is 8.47. The second-order valence-electron chi connectivity index (χ2n) is 3.28. The molecule has 0 atom stereocenters. The number of carbonyl (C=O) groups excluding carboxylic acids is 1. The van der Waals surface area contributed by atoms with Crippen molar-refractivity contribution in [3.8, 4) is 0 Å². The summed E-state index contributed by atoms with van der Waals surface area (Å²) in [6, 6.07) is 0. The minimum atomic E-state index is -3.38. The number of ketones is 1. The normalized spacial score (nSPS) is 18.7. The molecule has 76 valence electrons. The Balaban J connectivity index is 2.30. The van der Waals surface area contributed by atoms with Crippen molar-refractivity contribution in [2.24, 2.45) is 0 Å². The monoisotopic (exact) mass is 206 g/mol. The highest BCUT2D eigenvalue weighted by molar-refractivity contribution is 7.86. The van der Waals surface area contributed by atoms with E-state index in [2.05, 4.69) is 0 Å². The van der Waals surface area contributed by atoms with Crippen LogP contribution in [-0.2, 0) is 19.1 Å². The van der Waals surface area contributed by atoms with E-state index in [1.165, 1.54) is 0 Å². The molecule has 0 radical (unpaired) electrons. The molecule has 0 bridgehead atoms. The smallest absolute Gasteiger partial charge is 0.267 e. The van der Waals surface area contributed by atoms with E-state index in [4.69, 9.17) is 4.18 Å². The van der Waals surface area contributed by atoms with Crippen molar-refractivity contribution < 1.29 is 17.4 Å². The van der Waals surface area contributed by atoms with Crippen molar-refractivity contribution in [2.45, 2.75) is 38.7 Å². The van der Waals surface area contributed by atoms with Gasteiger partial charge in [-0.2, -0.15) is 8.42 Å². The van der Waals surface area contributed by atoms with Crippen LogP contribution in [0, 0.1) is 0 Å². The Labute approximate surface area is 78.4 Å². The molecule has 0 aromatic heterocycles. The van der Waals surface area contributed by atoms with E-state index in [0.29, 0.717) is 6.42 Å². The van der Waals surface area contributed by atoms with Crippen LogP contribution >= 0.6 is 0 Å². The van der Waals surface area contributed by atoms with Gasteiger partial charge in [0.2, 0.25) is 0 Å². The molecule has 1 aliphatic rings. The van der Waals surface area contributed by atoms with Gasteiger partial charge in [0.15, 0.2) is 0 Å². The number of hydrogen-bond acceptors (Lipinski definition) is 4. The molecule has 1 fully saturated rings. The Morgan fingerprint density at radius 1 is 1.46 bits per heavy atom. The largest absolute Gasteiger partial charge is 0.300 e. The summed E-state index contributed by atoms with van der Waals surface area (Å²) in [5, 5.41) is 0. The molecule has 1 rings (SSSR count). The van der Waals surface area contributed by atoms with Gasteiger partial charge in [-0.25, -0.2) is 0 Å². The summed E-state index contributed by atoms with van der Waals surface area (Å²) < 4.78 is 27.1. The lowest BCUT2D eigenvalue weighted by atomic mass is 9.95. The third-order valence-electron chi connectivity index (χ3n) is 1.94. The van der Waals surface area contributed by atoms with Gasteiger partial charge >= 0.3 is 0 Å². The first kappa shape index (κ1) is 10.7. The topological polar surface area (TPSA) is 60.4 Å². The second-order valence-corrected chi connectivity index (χ2v) is 5.00. The first-order valence-corrected chi connectivity index (χ1v) is 6.04. The van der Waals surface area contributed by atoms with Gasteiger partial charge in [0.1, 0.15) is 5.78 Å².